The molecule has 0 fully saturated rings. The van der Waals surface area contributed by atoms with Gasteiger partial charge in [0, 0.05) is 16.1 Å². The van der Waals surface area contributed by atoms with Crippen LogP contribution in [0.5, 0.6) is 5.75 Å². The number of hydrogen-bond acceptors (Lipinski definition) is 2. The van der Waals surface area contributed by atoms with Gasteiger partial charge in [-0.05, 0) is 31.5 Å². The summed E-state index contributed by atoms with van der Waals surface area (Å²) in [6.07, 6.45) is 0.685. The van der Waals surface area contributed by atoms with E-state index < -0.39 is 0 Å². The van der Waals surface area contributed by atoms with Gasteiger partial charge in [-0.3, -0.25) is 0 Å². The van der Waals surface area contributed by atoms with Crippen LogP contribution < -0.4 is 5.73 Å². The van der Waals surface area contributed by atoms with Crippen molar-refractivity contribution >= 4 is 28.3 Å². The van der Waals surface area contributed by atoms with Crippen LogP contribution in [-0.4, -0.2) is 5.11 Å². The Bertz CT molecular complexity index is 354. The van der Waals surface area contributed by atoms with E-state index in [0.717, 1.165) is 15.6 Å². The van der Waals surface area contributed by atoms with Gasteiger partial charge < -0.3 is 10.8 Å². The van der Waals surface area contributed by atoms with E-state index >= 15 is 0 Å². The third-order valence-corrected chi connectivity index (χ3v) is 2.45. The Labute approximate surface area is 105 Å². The van der Waals surface area contributed by atoms with Crippen LogP contribution in [0.3, 0.4) is 0 Å². The summed E-state index contributed by atoms with van der Waals surface area (Å²) in [4.78, 5) is 0. The number of phenols is 1. The average Bonchev–Trinajstić information content (AvgIpc) is 2.08. The van der Waals surface area contributed by atoms with E-state index in [4.69, 9.17) is 5.73 Å². The number of nitrogens with two attached hydrogens (primary N) is 1. The predicted octanol–water partition coefficient (Wildman–Crippen LogP) is 3.54. The Morgan fingerprint density at radius 1 is 1.60 bits per heavy atom. The largest absolute Gasteiger partial charge is 0.508 e. The minimum absolute atomic E-state index is 0. The normalized spacial score (nSPS) is 11.7. The fourth-order valence-corrected chi connectivity index (χ4v) is 1.69. The Morgan fingerprint density at radius 3 is 2.73 bits per heavy atom. The highest BCUT2D eigenvalue weighted by Crippen LogP contribution is 2.29. The molecule has 3 N–H and O–H groups in total. The molecule has 1 rings (SSSR count). The quantitative estimate of drug-likeness (QED) is 0.837. The van der Waals surface area contributed by atoms with Crippen molar-refractivity contribution < 1.29 is 5.11 Å². The number of phenolic OH excluding ortho intramolecular Hbond substituents is 1. The van der Waals surface area contributed by atoms with Crippen molar-refractivity contribution in [3.8, 4) is 5.75 Å². The molecule has 0 saturated carbocycles. The zero-order valence-electron chi connectivity index (χ0n) is 8.53. The van der Waals surface area contributed by atoms with Gasteiger partial charge in [0.15, 0.2) is 0 Å². The van der Waals surface area contributed by atoms with E-state index in [-0.39, 0.29) is 24.2 Å². The molecule has 4 heteroatoms. The molecule has 0 radical (unpaired) electrons. The average molecular weight is 293 g/mol. The molecule has 0 unspecified atom stereocenters. The van der Waals surface area contributed by atoms with Crippen molar-refractivity contribution in [2.45, 2.75) is 19.4 Å². The van der Waals surface area contributed by atoms with E-state index in [1.807, 2.05) is 13.0 Å². The summed E-state index contributed by atoms with van der Waals surface area (Å²) >= 11 is 3.34. The molecule has 0 amide bonds. The fraction of sp³-hybridized carbons (Fsp3) is 0.273. The lowest BCUT2D eigenvalue weighted by Gasteiger charge is -2.13. The van der Waals surface area contributed by atoms with Crippen molar-refractivity contribution in [1.82, 2.24) is 0 Å². The highest BCUT2D eigenvalue weighted by Gasteiger charge is 2.11. The Hall–Kier alpha value is -0.510. The van der Waals surface area contributed by atoms with Crippen LogP contribution in [0.1, 0.15) is 24.9 Å². The summed E-state index contributed by atoms with van der Waals surface area (Å²) in [6.45, 7) is 5.72. The van der Waals surface area contributed by atoms with Crippen LogP contribution in [-0.2, 0) is 0 Å². The zero-order valence-corrected chi connectivity index (χ0v) is 10.9. The molecule has 1 aromatic carbocycles. The number of halogens is 2. The Kier molecular flexibility index (Phi) is 5.95. The van der Waals surface area contributed by atoms with Gasteiger partial charge in [0.25, 0.3) is 0 Å². The summed E-state index contributed by atoms with van der Waals surface area (Å²) < 4.78 is 0.919. The first-order valence-electron chi connectivity index (χ1n) is 4.39. The van der Waals surface area contributed by atoms with Crippen LogP contribution in [0.4, 0.5) is 0 Å². The zero-order chi connectivity index (χ0) is 10.7. The van der Waals surface area contributed by atoms with Gasteiger partial charge in [0.2, 0.25) is 0 Å². The maximum Gasteiger partial charge on any atom is 0.120 e. The van der Waals surface area contributed by atoms with Gasteiger partial charge in [-0.2, -0.15) is 0 Å². The maximum absolute atomic E-state index is 9.59. The molecular weight excluding hydrogens is 277 g/mol. The third-order valence-electron chi connectivity index (χ3n) is 1.96. The number of aromatic hydroxyl groups is 1. The Morgan fingerprint density at radius 2 is 2.20 bits per heavy atom. The minimum Gasteiger partial charge on any atom is -0.508 e. The van der Waals surface area contributed by atoms with Crippen molar-refractivity contribution in [2.24, 2.45) is 5.73 Å². The van der Waals surface area contributed by atoms with Crippen LogP contribution in [0, 0.1) is 0 Å². The van der Waals surface area contributed by atoms with Crippen LogP contribution >= 0.6 is 28.3 Å². The molecule has 0 aliphatic carbocycles. The molecule has 0 heterocycles. The topological polar surface area (TPSA) is 46.2 Å². The van der Waals surface area contributed by atoms with Crippen LogP contribution in [0.2, 0.25) is 0 Å². The lowest BCUT2D eigenvalue weighted by atomic mass is 10.0. The third kappa shape index (κ3) is 4.24. The maximum atomic E-state index is 9.59. The van der Waals surface area contributed by atoms with Gasteiger partial charge in [0.05, 0.1) is 0 Å². The van der Waals surface area contributed by atoms with Crippen LogP contribution in [0.25, 0.3) is 0 Å². The minimum atomic E-state index is -0.190. The van der Waals surface area contributed by atoms with Crippen molar-refractivity contribution in [2.75, 3.05) is 0 Å². The number of hydrogen-bond donors (Lipinski definition) is 2. The summed E-state index contributed by atoms with van der Waals surface area (Å²) in [5.74, 6) is 0.238. The molecule has 0 aromatic heterocycles. The molecule has 15 heavy (non-hydrogen) atoms. The van der Waals surface area contributed by atoms with E-state index in [1.54, 1.807) is 12.1 Å². The van der Waals surface area contributed by atoms with E-state index in [9.17, 15) is 5.11 Å². The highest BCUT2D eigenvalue weighted by atomic mass is 79.9. The van der Waals surface area contributed by atoms with Gasteiger partial charge in [0.1, 0.15) is 5.75 Å². The molecule has 1 aromatic rings. The summed E-state index contributed by atoms with van der Waals surface area (Å²) in [5.41, 5.74) is 7.69. The first kappa shape index (κ1) is 14.5. The SMILES string of the molecule is C=C(C)C[C@H](N)c1cc(Br)ccc1O.Cl. The monoisotopic (exact) mass is 291 g/mol. The summed E-state index contributed by atoms with van der Waals surface area (Å²) in [7, 11) is 0. The lowest BCUT2D eigenvalue weighted by Crippen LogP contribution is -2.10. The molecule has 1 atom stereocenters. The van der Waals surface area contributed by atoms with Gasteiger partial charge in [-0.1, -0.05) is 21.5 Å². The summed E-state index contributed by atoms with van der Waals surface area (Å²) in [5, 5.41) is 9.59. The van der Waals surface area contributed by atoms with Crippen molar-refractivity contribution in [1.29, 1.82) is 0 Å². The molecule has 0 aliphatic rings. The number of rotatable bonds is 3. The van der Waals surface area contributed by atoms with Gasteiger partial charge >= 0.3 is 0 Å². The highest BCUT2D eigenvalue weighted by molar-refractivity contribution is 9.10. The number of benzene rings is 1. The van der Waals surface area contributed by atoms with Gasteiger partial charge in [-0.15, -0.1) is 19.0 Å². The first-order chi connectivity index (χ1) is 6.50. The van der Waals surface area contributed by atoms with Crippen LogP contribution in [0.15, 0.2) is 34.8 Å². The van der Waals surface area contributed by atoms with E-state index in [1.165, 1.54) is 0 Å². The molecule has 0 spiro atoms. The second-order valence-corrected chi connectivity index (χ2v) is 4.39. The van der Waals surface area contributed by atoms with E-state index in [2.05, 4.69) is 22.5 Å². The standard InChI is InChI=1S/C11H14BrNO.ClH/c1-7(2)5-10(13)9-6-8(12)3-4-11(9)14;/h3-4,6,10,14H,1,5,13H2,2H3;1H/t10-;/m0./s1. The molecule has 0 saturated heterocycles. The second kappa shape index (κ2) is 6.16. The fourth-order valence-electron chi connectivity index (χ4n) is 1.31. The Balaban J connectivity index is 0.00000196. The van der Waals surface area contributed by atoms with Crippen molar-refractivity contribution in [3.05, 3.63) is 40.4 Å². The predicted molar refractivity (Wildman–Crippen MR) is 69.4 cm³/mol. The smallest absolute Gasteiger partial charge is 0.120 e. The molecule has 0 aliphatic heterocycles. The second-order valence-electron chi connectivity index (χ2n) is 3.47. The van der Waals surface area contributed by atoms with E-state index in [0.29, 0.717) is 6.42 Å². The first-order valence-corrected chi connectivity index (χ1v) is 5.18. The molecule has 0 bridgehead atoms. The lowest BCUT2D eigenvalue weighted by molar-refractivity contribution is 0.461. The van der Waals surface area contributed by atoms with Crippen molar-refractivity contribution in [3.63, 3.8) is 0 Å². The van der Waals surface area contributed by atoms with Gasteiger partial charge in [-0.25, -0.2) is 0 Å². The molecular formula is C11H15BrClNO. The summed E-state index contributed by atoms with van der Waals surface area (Å²) in [6, 6.07) is 5.07. The molecule has 84 valence electrons. The molecule has 2 nitrogen and oxygen atoms in total.